The second kappa shape index (κ2) is 9.48. The summed E-state index contributed by atoms with van der Waals surface area (Å²) in [7, 11) is 0. The molecule has 0 fully saturated rings. The average molecular weight is 151 g/mol. The van der Waals surface area contributed by atoms with E-state index in [0.29, 0.717) is 0 Å². The van der Waals surface area contributed by atoms with E-state index in [1.165, 1.54) is 32.1 Å². The lowest BCUT2D eigenvalue weighted by atomic mass is 10.2. The summed E-state index contributed by atoms with van der Waals surface area (Å²) in [6.45, 7) is 4.39. The van der Waals surface area contributed by atoms with Crippen molar-refractivity contribution in [2.45, 2.75) is 46.0 Å². The molecule has 0 amide bonds. The maximum absolute atomic E-state index is 3.15. The SMILES string of the molecule is CCC/C=C/[C]=C/CCCC. The molecule has 0 heterocycles. The third kappa shape index (κ3) is 9.48. The largest absolute Gasteiger partial charge is 0.0839 e. The lowest BCUT2D eigenvalue weighted by molar-refractivity contribution is 0.814. The van der Waals surface area contributed by atoms with Crippen LogP contribution in [0.4, 0.5) is 0 Å². The minimum atomic E-state index is 1.17. The molecule has 0 saturated carbocycles. The monoisotopic (exact) mass is 151 g/mol. The second-order valence-corrected chi connectivity index (χ2v) is 2.70. The van der Waals surface area contributed by atoms with Gasteiger partial charge in [0.25, 0.3) is 0 Å². The van der Waals surface area contributed by atoms with Crippen molar-refractivity contribution < 1.29 is 0 Å². The Balaban J connectivity index is 3.14. The van der Waals surface area contributed by atoms with Gasteiger partial charge in [0.1, 0.15) is 0 Å². The van der Waals surface area contributed by atoms with E-state index in [1.54, 1.807) is 0 Å². The third-order valence-electron chi connectivity index (χ3n) is 1.49. The number of allylic oxidation sites excluding steroid dienone is 4. The zero-order valence-corrected chi connectivity index (χ0v) is 7.77. The molecule has 0 aromatic carbocycles. The lowest BCUT2D eigenvalue weighted by Gasteiger charge is -1.85. The molecular weight excluding hydrogens is 132 g/mol. The molecule has 11 heavy (non-hydrogen) atoms. The van der Waals surface area contributed by atoms with Crippen molar-refractivity contribution in [1.29, 1.82) is 0 Å². The molecule has 0 aromatic rings. The molecule has 0 saturated heterocycles. The number of unbranched alkanes of at least 4 members (excludes halogenated alkanes) is 3. The van der Waals surface area contributed by atoms with Gasteiger partial charge in [-0.3, -0.25) is 0 Å². The van der Waals surface area contributed by atoms with Crippen molar-refractivity contribution in [1.82, 2.24) is 0 Å². The van der Waals surface area contributed by atoms with Crippen LogP contribution in [0.2, 0.25) is 0 Å². The number of hydrogen-bond acceptors (Lipinski definition) is 0. The summed E-state index contributed by atoms with van der Waals surface area (Å²) in [6, 6.07) is 0. The van der Waals surface area contributed by atoms with Gasteiger partial charge in [0.05, 0.1) is 0 Å². The molecule has 0 nitrogen and oxygen atoms in total. The molecule has 0 heteroatoms. The third-order valence-corrected chi connectivity index (χ3v) is 1.49. The van der Waals surface area contributed by atoms with E-state index in [-0.39, 0.29) is 0 Å². The molecule has 1 radical (unpaired) electrons. The molecule has 0 N–H and O–H groups in total. The molecule has 0 aromatic heterocycles. The zero-order chi connectivity index (χ0) is 8.36. The van der Waals surface area contributed by atoms with Crippen molar-refractivity contribution in [3.05, 3.63) is 24.3 Å². The number of rotatable bonds is 6. The van der Waals surface area contributed by atoms with E-state index in [1.807, 2.05) is 6.08 Å². The molecule has 0 unspecified atom stereocenters. The summed E-state index contributed by atoms with van der Waals surface area (Å²) in [4.78, 5) is 0. The zero-order valence-electron chi connectivity index (χ0n) is 7.77. The highest BCUT2D eigenvalue weighted by atomic mass is 13.8. The van der Waals surface area contributed by atoms with Crippen molar-refractivity contribution in [3.8, 4) is 0 Å². The Bertz CT molecular complexity index is 109. The van der Waals surface area contributed by atoms with Gasteiger partial charge in [-0.05, 0) is 18.9 Å². The highest BCUT2D eigenvalue weighted by Crippen LogP contribution is 1.95. The number of hydrogen-bond donors (Lipinski definition) is 0. The van der Waals surface area contributed by atoms with Crippen LogP contribution in [-0.4, -0.2) is 0 Å². The van der Waals surface area contributed by atoms with Gasteiger partial charge in [0.2, 0.25) is 0 Å². The maximum atomic E-state index is 3.15. The van der Waals surface area contributed by atoms with Crippen LogP contribution in [-0.2, 0) is 0 Å². The molecule has 0 aliphatic heterocycles. The van der Waals surface area contributed by atoms with Crippen LogP contribution in [0.1, 0.15) is 46.0 Å². The Morgan fingerprint density at radius 1 is 1.09 bits per heavy atom. The molecule has 0 aliphatic rings. The van der Waals surface area contributed by atoms with Crippen LogP contribution >= 0.6 is 0 Å². The van der Waals surface area contributed by atoms with Crippen molar-refractivity contribution in [3.63, 3.8) is 0 Å². The quantitative estimate of drug-likeness (QED) is 0.399. The smallest absolute Gasteiger partial charge is 0.0230 e. The van der Waals surface area contributed by atoms with Gasteiger partial charge in [-0.25, -0.2) is 0 Å². The van der Waals surface area contributed by atoms with Crippen molar-refractivity contribution >= 4 is 0 Å². The lowest BCUT2D eigenvalue weighted by Crippen LogP contribution is -1.66. The van der Waals surface area contributed by atoms with E-state index < -0.39 is 0 Å². The van der Waals surface area contributed by atoms with Crippen LogP contribution in [0, 0.1) is 6.08 Å². The Morgan fingerprint density at radius 3 is 2.55 bits per heavy atom. The molecule has 0 atom stereocenters. The average Bonchev–Trinajstić information content (AvgIpc) is 2.03. The first-order chi connectivity index (χ1) is 5.41. The highest BCUT2D eigenvalue weighted by molar-refractivity contribution is 4.94. The molecule has 0 rings (SSSR count). The van der Waals surface area contributed by atoms with Crippen molar-refractivity contribution in [2.75, 3.05) is 0 Å². The van der Waals surface area contributed by atoms with Gasteiger partial charge >= 0.3 is 0 Å². The molecule has 0 aliphatic carbocycles. The van der Waals surface area contributed by atoms with Crippen LogP contribution in [0.5, 0.6) is 0 Å². The van der Waals surface area contributed by atoms with Gasteiger partial charge in [-0.1, -0.05) is 51.3 Å². The standard InChI is InChI=1S/C11H19/c1-3-5-7-9-11-10-8-6-4-2/h7,9-10H,3-6,8H2,1-2H3/b9-7+,11-10?. The first-order valence-corrected chi connectivity index (χ1v) is 4.64. The normalized spacial score (nSPS) is 11.8. The molecule has 0 bridgehead atoms. The maximum Gasteiger partial charge on any atom is -0.0230 e. The van der Waals surface area contributed by atoms with E-state index >= 15 is 0 Å². The van der Waals surface area contributed by atoms with Gasteiger partial charge in [0, 0.05) is 0 Å². The van der Waals surface area contributed by atoms with Gasteiger partial charge in [-0.2, -0.15) is 0 Å². The van der Waals surface area contributed by atoms with Crippen molar-refractivity contribution in [2.24, 2.45) is 0 Å². The molecule has 63 valence electrons. The van der Waals surface area contributed by atoms with Crippen LogP contribution in [0.15, 0.2) is 18.2 Å². The summed E-state index contributed by atoms with van der Waals surface area (Å²) in [5.41, 5.74) is 0. The van der Waals surface area contributed by atoms with E-state index in [0.717, 1.165) is 0 Å². The molecular formula is C11H19. The fraction of sp³-hybridized carbons (Fsp3) is 0.636. The van der Waals surface area contributed by atoms with Gasteiger partial charge in [0.15, 0.2) is 0 Å². The van der Waals surface area contributed by atoms with Crippen LogP contribution in [0.3, 0.4) is 0 Å². The topological polar surface area (TPSA) is 0 Å². The van der Waals surface area contributed by atoms with E-state index in [2.05, 4.69) is 32.1 Å². The summed E-state index contributed by atoms with van der Waals surface area (Å²) in [6.07, 6.45) is 15.6. The predicted molar refractivity (Wildman–Crippen MR) is 51.4 cm³/mol. The summed E-state index contributed by atoms with van der Waals surface area (Å²) >= 11 is 0. The van der Waals surface area contributed by atoms with Crippen LogP contribution < -0.4 is 0 Å². The Hall–Kier alpha value is -0.520. The fourth-order valence-corrected chi connectivity index (χ4v) is 0.776. The first kappa shape index (κ1) is 10.5. The fourth-order valence-electron chi connectivity index (χ4n) is 0.776. The Labute approximate surface area is 71.0 Å². The minimum absolute atomic E-state index is 1.17. The van der Waals surface area contributed by atoms with E-state index in [9.17, 15) is 0 Å². The Kier molecular flexibility index (Phi) is 9.03. The highest BCUT2D eigenvalue weighted by Gasteiger charge is 1.75. The van der Waals surface area contributed by atoms with Gasteiger partial charge in [-0.15, -0.1) is 0 Å². The second-order valence-electron chi connectivity index (χ2n) is 2.70. The van der Waals surface area contributed by atoms with Gasteiger partial charge < -0.3 is 0 Å². The summed E-state index contributed by atoms with van der Waals surface area (Å²) < 4.78 is 0. The van der Waals surface area contributed by atoms with E-state index in [4.69, 9.17) is 0 Å². The summed E-state index contributed by atoms with van der Waals surface area (Å²) in [5.74, 6) is 0. The predicted octanol–water partition coefficient (Wildman–Crippen LogP) is 3.89. The minimum Gasteiger partial charge on any atom is -0.0839 e. The van der Waals surface area contributed by atoms with Crippen LogP contribution in [0.25, 0.3) is 0 Å². The first-order valence-electron chi connectivity index (χ1n) is 4.64. The molecule has 0 spiro atoms. The summed E-state index contributed by atoms with van der Waals surface area (Å²) in [5, 5.41) is 0. The Morgan fingerprint density at radius 2 is 1.91 bits per heavy atom.